The van der Waals surface area contributed by atoms with Gasteiger partial charge in [0.2, 0.25) is 11.8 Å². The van der Waals surface area contributed by atoms with Gasteiger partial charge in [-0.15, -0.1) is 5.10 Å². The minimum atomic E-state index is -0.206. The Kier molecular flexibility index (Phi) is 5.85. The normalized spacial score (nSPS) is 10.6. The number of ether oxygens (including phenoxy) is 1. The Morgan fingerprint density at radius 3 is 2.23 bits per heavy atom. The molecule has 0 saturated heterocycles. The van der Waals surface area contributed by atoms with E-state index in [0.717, 1.165) is 28.0 Å². The third-order valence-electron chi connectivity index (χ3n) is 4.65. The highest BCUT2D eigenvalue weighted by atomic mass is 16.5. The van der Waals surface area contributed by atoms with Crippen LogP contribution in [0, 0.1) is 0 Å². The highest BCUT2D eigenvalue weighted by Gasteiger charge is 2.11. The summed E-state index contributed by atoms with van der Waals surface area (Å²) in [7, 11) is 1.62. The minimum absolute atomic E-state index is 0.101. The Hall–Kier alpha value is -3.93. The van der Waals surface area contributed by atoms with Crippen LogP contribution in [0.25, 0.3) is 11.1 Å². The van der Waals surface area contributed by atoms with Crippen LogP contribution in [-0.4, -0.2) is 23.2 Å². The molecule has 30 heavy (non-hydrogen) atoms. The maximum absolute atomic E-state index is 12.3. The molecule has 0 radical (unpaired) electrons. The van der Waals surface area contributed by atoms with Crippen molar-refractivity contribution in [1.29, 1.82) is 0 Å². The Labute approximate surface area is 174 Å². The summed E-state index contributed by atoms with van der Waals surface area (Å²) in [6.45, 7) is 0. The van der Waals surface area contributed by atoms with Crippen LogP contribution < -0.4 is 10.1 Å². The van der Waals surface area contributed by atoms with E-state index < -0.39 is 0 Å². The van der Waals surface area contributed by atoms with E-state index in [2.05, 4.69) is 27.6 Å². The molecule has 1 heterocycles. The summed E-state index contributed by atoms with van der Waals surface area (Å²) in [6.07, 6.45) is 0.707. The van der Waals surface area contributed by atoms with Gasteiger partial charge in [0.15, 0.2) is 0 Å². The zero-order chi connectivity index (χ0) is 20.8. The molecule has 0 spiro atoms. The standard InChI is InChI=1S/C24H21N3O3/c1-29-21-13-9-18(10-14-21)16-23-26-27-24(30-23)25-22(28)15-17-7-11-20(12-8-17)19-5-3-2-4-6-19/h2-14H,15-16H2,1H3,(H,25,27,28). The van der Waals surface area contributed by atoms with Crippen molar-refractivity contribution in [3.05, 3.63) is 95.9 Å². The summed E-state index contributed by atoms with van der Waals surface area (Å²) in [5.41, 5.74) is 4.17. The number of hydrogen-bond donors (Lipinski definition) is 1. The molecule has 1 N–H and O–H groups in total. The number of methoxy groups -OCH3 is 1. The Bertz CT molecular complexity index is 1100. The minimum Gasteiger partial charge on any atom is -0.497 e. The number of amides is 1. The van der Waals surface area contributed by atoms with Crippen LogP contribution in [0.3, 0.4) is 0 Å². The molecule has 0 atom stereocenters. The Morgan fingerprint density at radius 2 is 1.53 bits per heavy atom. The lowest BCUT2D eigenvalue weighted by molar-refractivity contribution is -0.115. The number of nitrogens with zero attached hydrogens (tertiary/aromatic N) is 2. The van der Waals surface area contributed by atoms with Crippen LogP contribution >= 0.6 is 0 Å². The molecule has 0 bridgehead atoms. The van der Waals surface area contributed by atoms with E-state index in [9.17, 15) is 4.79 Å². The second-order valence-electron chi connectivity index (χ2n) is 6.81. The van der Waals surface area contributed by atoms with Crippen molar-refractivity contribution in [1.82, 2.24) is 10.2 Å². The fourth-order valence-corrected chi connectivity index (χ4v) is 3.09. The van der Waals surface area contributed by atoms with Gasteiger partial charge < -0.3 is 9.15 Å². The quantitative estimate of drug-likeness (QED) is 0.494. The first-order valence-electron chi connectivity index (χ1n) is 9.59. The third kappa shape index (κ3) is 4.91. The molecule has 3 aromatic carbocycles. The van der Waals surface area contributed by atoms with E-state index in [1.165, 1.54) is 0 Å². The number of benzene rings is 3. The summed E-state index contributed by atoms with van der Waals surface area (Å²) in [4.78, 5) is 12.3. The van der Waals surface area contributed by atoms with Gasteiger partial charge in [0.25, 0.3) is 0 Å². The molecule has 0 aliphatic heterocycles. The number of aromatic nitrogens is 2. The summed E-state index contributed by atoms with van der Waals surface area (Å²) < 4.78 is 10.7. The predicted octanol–water partition coefficient (Wildman–Crippen LogP) is 4.52. The van der Waals surface area contributed by atoms with Gasteiger partial charge in [0.05, 0.1) is 20.0 Å². The van der Waals surface area contributed by atoms with Gasteiger partial charge in [-0.05, 0) is 34.4 Å². The average Bonchev–Trinajstić information content (AvgIpc) is 3.22. The highest BCUT2D eigenvalue weighted by Crippen LogP contribution is 2.20. The fourth-order valence-electron chi connectivity index (χ4n) is 3.09. The van der Waals surface area contributed by atoms with E-state index in [1.54, 1.807) is 7.11 Å². The number of nitrogens with one attached hydrogen (secondary N) is 1. The third-order valence-corrected chi connectivity index (χ3v) is 4.65. The number of anilines is 1. The molecule has 150 valence electrons. The van der Waals surface area contributed by atoms with Crippen LogP contribution in [0.5, 0.6) is 5.75 Å². The van der Waals surface area contributed by atoms with Crippen molar-refractivity contribution in [2.45, 2.75) is 12.8 Å². The molecule has 0 fully saturated rings. The lowest BCUT2D eigenvalue weighted by Crippen LogP contribution is -2.14. The number of rotatable bonds is 7. The Balaban J connectivity index is 1.33. The van der Waals surface area contributed by atoms with Gasteiger partial charge in [-0.2, -0.15) is 0 Å². The van der Waals surface area contributed by atoms with Crippen molar-refractivity contribution in [2.24, 2.45) is 0 Å². The van der Waals surface area contributed by atoms with E-state index in [1.807, 2.05) is 66.7 Å². The first-order chi connectivity index (χ1) is 14.7. The van der Waals surface area contributed by atoms with Gasteiger partial charge in [0.1, 0.15) is 5.75 Å². The topological polar surface area (TPSA) is 77.3 Å². The van der Waals surface area contributed by atoms with E-state index >= 15 is 0 Å². The average molecular weight is 399 g/mol. The zero-order valence-electron chi connectivity index (χ0n) is 16.5. The molecule has 0 unspecified atom stereocenters. The molecule has 6 nitrogen and oxygen atoms in total. The molecule has 1 amide bonds. The summed E-state index contributed by atoms with van der Waals surface area (Å²) >= 11 is 0. The lowest BCUT2D eigenvalue weighted by Gasteiger charge is -2.04. The van der Waals surface area contributed by atoms with E-state index in [0.29, 0.717) is 12.3 Å². The summed E-state index contributed by atoms with van der Waals surface area (Å²) in [6, 6.07) is 25.7. The van der Waals surface area contributed by atoms with Crippen molar-refractivity contribution >= 4 is 11.9 Å². The molecular formula is C24H21N3O3. The summed E-state index contributed by atoms with van der Waals surface area (Å²) in [5, 5.41) is 10.6. The van der Waals surface area contributed by atoms with Crippen LogP contribution in [0.2, 0.25) is 0 Å². The van der Waals surface area contributed by atoms with E-state index in [-0.39, 0.29) is 18.3 Å². The van der Waals surface area contributed by atoms with Gasteiger partial charge in [-0.25, -0.2) is 0 Å². The van der Waals surface area contributed by atoms with Gasteiger partial charge in [-0.3, -0.25) is 10.1 Å². The van der Waals surface area contributed by atoms with Crippen molar-refractivity contribution < 1.29 is 13.9 Å². The van der Waals surface area contributed by atoms with Gasteiger partial charge >= 0.3 is 6.01 Å². The first kappa shape index (κ1) is 19.4. The predicted molar refractivity (Wildman–Crippen MR) is 114 cm³/mol. The fraction of sp³-hybridized carbons (Fsp3) is 0.125. The molecule has 0 aliphatic carbocycles. The smallest absolute Gasteiger partial charge is 0.322 e. The lowest BCUT2D eigenvalue weighted by atomic mass is 10.0. The van der Waals surface area contributed by atoms with Crippen LogP contribution in [-0.2, 0) is 17.6 Å². The van der Waals surface area contributed by atoms with Crippen molar-refractivity contribution in [3.8, 4) is 16.9 Å². The monoisotopic (exact) mass is 399 g/mol. The molecule has 1 aromatic heterocycles. The maximum atomic E-state index is 12.3. The van der Waals surface area contributed by atoms with Crippen molar-refractivity contribution in [3.63, 3.8) is 0 Å². The molecule has 0 aliphatic rings. The van der Waals surface area contributed by atoms with Crippen LogP contribution in [0.15, 0.2) is 83.3 Å². The largest absolute Gasteiger partial charge is 0.497 e. The molecular weight excluding hydrogens is 378 g/mol. The zero-order valence-corrected chi connectivity index (χ0v) is 16.5. The molecule has 4 aromatic rings. The molecule has 6 heteroatoms. The molecule has 0 saturated carbocycles. The second-order valence-corrected chi connectivity index (χ2v) is 6.81. The first-order valence-corrected chi connectivity index (χ1v) is 9.59. The highest BCUT2D eigenvalue weighted by molar-refractivity contribution is 5.90. The second kappa shape index (κ2) is 9.05. The van der Waals surface area contributed by atoms with E-state index in [4.69, 9.17) is 9.15 Å². The maximum Gasteiger partial charge on any atom is 0.322 e. The van der Waals surface area contributed by atoms with Gasteiger partial charge in [0, 0.05) is 0 Å². The number of carbonyl (C=O) groups excluding carboxylic acids is 1. The van der Waals surface area contributed by atoms with Crippen LogP contribution in [0.4, 0.5) is 6.01 Å². The van der Waals surface area contributed by atoms with Crippen molar-refractivity contribution in [2.75, 3.05) is 12.4 Å². The number of hydrogen-bond acceptors (Lipinski definition) is 5. The summed E-state index contributed by atoms with van der Waals surface area (Å²) in [5.74, 6) is 1.01. The number of carbonyl (C=O) groups is 1. The van der Waals surface area contributed by atoms with Gasteiger partial charge in [-0.1, -0.05) is 71.8 Å². The SMILES string of the molecule is COc1ccc(Cc2nnc(NC(=O)Cc3ccc(-c4ccccc4)cc3)o2)cc1. The molecule has 4 rings (SSSR count). The Morgan fingerprint density at radius 1 is 0.867 bits per heavy atom. The van der Waals surface area contributed by atoms with Crippen LogP contribution in [0.1, 0.15) is 17.0 Å².